The molecule has 132 valence electrons. The second kappa shape index (κ2) is 10.5. The average Bonchev–Trinajstić information content (AvgIpc) is 2.67. The van der Waals surface area contributed by atoms with E-state index in [2.05, 4.69) is 31.2 Å². The first-order chi connectivity index (χ1) is 12.2. The molecule has 0 spiro atoms. The van der Waals surface area contributed by atoms with Gasteiger partial charge in [0.1, 0.15) is 5.75 Å². The molecule has 0 heterocycles. The van der Waals surface area contributed by atoms with Crippen molar-refractivity contribution in [1.82, 2.24) is 0 Å². The van der Waals surface area contributed by atoms with Gasteiger partial charge in [-0.05, 0) is 42.2 Å². The molecule has 0 aliphatic carbocycles. The van der Waals surface area contributed by atoms with E-state index in [0.717, 1.165) is 24.2 Å². The molecular weight excluding hydrogens is 308 g/mol. The van der Waals surface area contributed by atoms with Gasteiger partial charge in [-0.3, -0.25) is 4.79 Å². The molecule has 0 aromatic heterocycles. The second-order valence-electron chi connectivity index (χ2n) is 6.31. The van der Waals surface area contributed by atoms with Crippen molar-refractivity contribution < 1.29 is 9.53 Å². The highest BCUT2D eigenvalue weighted by atomic mass is 16.5. The van der Waals surface area contributed by atoms with Gasteiger partial charge in [0.2, 0.25) is 0 Å². The summed E-state index contributed by atoms with van der Waals surface area (Å²) in [5.74, 6) is 1.08. The molecule has 0 aliphatic rings. The maximum atomic E-state index is 12.4. The fourth-order valence-corrected chi connectivity index (χ4v) is 2.95. The van der Waals surface area contributed by atoms with E-state index in [9.17, 15) is 4.79 Å². The highest BCUT2D eigenvalue weighted by Crippen LogP contribution is 2.29. The zero-order valence-corrected chi connectivity index (χ0v) is 15.3. The zero-order valence-electron chi connectivity index (χ0n) is 15.3. The number of benzene rings is 2. The van der Waals surface area contributed by atoms with Crippen LogP contribution in [0.2, 0.25) is 0 Å². The van der Waals surface area contributed by atoms with E-state index >= 15 is 0 Å². The van der Waals surface area contributed by atoms with Crippen LogP contribution in [0, 0.1) is 0 Å². The minimum absolute atomic E-state index is 0.0693. The second-order valence-corrected chi connectivity index (χ2v) is 6.31. The van der Waals surface area contributed by atoms with Crippen molar-refractivity contribution in [2.75, 3.05) is 7.11 Å². The quantitative estimate of drug-likeness (QED) is 0.397. The maximum Gasteiger partial charge on any atom is 0.156 e. The van der Waals surface area contributed by atoms with Crippen LogP contribution in [-0.2, 0) is 4.79 Å². The van der Waals surface area contributed by atoms with Crippen LogP contribution in [0.15, 0.2) is 66.7 Å². The summed E-state index contributed by atoms with van der Waals surface area (Å²) in [6.45, 7) is 2.19. The molecule has 0 N–H and O–H groups in total. The fourth-order valence-electron chi connectivity index (χ4n) is 2.95. The third-order valence-electron chi connectivity index (χ3n) is 4.40. The van der Waals surface area contributed by atoms with Gasteiger partial charge in [0.25, 0.3) is 0 Å². The number of carbonyl (C=O) groups is 1. The largest absolute Gasteiger partial charge is 0.497 e. The summed E-state index contributed by atoms with van der Waals surface area (Å²) in [6.07, 6.45) is 8.83. The molecule has 1 atom stereocenters. The number of ketones is 1. The predicted octanol–water partition coefficient (Wildman–Crippen LogP) is 5.92. The Labute approximate surface area is 151 Å². The number of methoxy groups -OCH3 is 1. The average molecular weight is 336 g/mol. The molecule has 0 unspecified atom stereocenters. The molecule has 2 nitrogen and oxygen atoms in total. The Hall–Kier alpha value is -2.35. The summed E-state index contributed by atoms with van der Waals surface area (Å²) >= 11 is 0. The molecule has 0 saturated heterocycles. The Balaban J connectivity index is 2.11. The summed E-state index contributed by atoms with van der Waals surface area (Å²) in [5.41, 5.74) is 2.31. The minimum Gasteiger partial charge on any atom is -0.497 e. The van der Waals surface area contributed by atoms with Crippen LogP contribution in [0.25, 0.3) is 0 Å². The van der Waals surface area contributed by atoms with Gasteiger partial charge in [-0.25, -0.2) is 0 Å². The maximum absolute atomic E-state index is 12.4. The third-order valence-corrected chi connectivity index (χ3v) is 4.40. The summed E-state index contributed by atoms with van der Waals surface area (Å²) in [4.78, 5) is 12.4. The monoisotopic (exact) mass is 336 g/mol. The van der Waals surface area contributed by atoms with Crippen LogP contribution in [0.4, 0.5) is 0 Å². The lowest BCUT2D eigenvalue weighted by Crippen LogP contribution is -2.07. The Kier molecular flexibility index (Phi) is 7.97. The summed E-state index contributed by atoms with van der Waals surface area (Å²) in [5, 5.41) is 0. The van der Waals surface area contributed by atoms with Crippen molar-refractivity contribution in [2.45, 2.75) is 44.9 Å². The number of hydrogen-bond donors (Lipinski definition) is 0. The number of hydrogen-bond acceptors (Lipinski definition) is 2. The molecular formula is C23H28O2. The van der Waals surface area contributed by atoms with Gasteiger partial charge in [0, 0.05) is 12.3 Å². The van der Waals surface area contributed by atoms with E-state index in [4.69, 9.17) is 4.74 Å². The molecule has 2 rings (SSSR count). The fraction of sp³-hybridized carbons (Fsp3) is 0.348. The van der Waals surface area contributed by atoms with E-state index in [-0.39, 0.29) is 11.7 Å². The Morgan fingerprint density at radius 2 is 1.68 bits per heavy atom. The number of rotatable bonds is 10. The van der Waals surface area contributed by atoms with Crippen LogP contribution < -0.4 is 4.74 Å². The summed E-state index contributed by atoms with van der Waals surface area (Å²) in [7, 11) is 1.66. The standard InChI is InChI=1S/C23H28O2/c1-3-4-5-6-10-13-21(24)18-23(19-11-8-7-9-12-19)20-14-16-22(25-2)17-15-20/h7-17,23H,3-6,18H2,1-2H3/b13-10+/t23-/m1/s1. The van der Waals surface area contributed by atoms with Gasteiger partial charge in [-0.1, -0.05) is 68.3 Å². The highest BCUT2D eigenvalue weighted by Gasteiger charge is 2.17. The molecule has 0 bridgehead atoms. The van der Waals surface area contributed by atoms with Crippen LogP contribution in [0.5, 0.6) is 5.75 Å². The van der Waals surface area contributed by atoms with E-state index in [1.807, 2.05) is 36.4 Å². The zero-order chi connectivity index (χ0) is 17.9. The van der Waals surface area contributed by atoms with Crippen molar-refractivity contribution >= 4 is 5.78 Å². The topological polar surface area (TPSA) is 26.3 Å². The lowest BCUT2D eigenvalue weighted by molar-refractivity contribution is -0.114. The Morgan fingerprint density at radius 1 is 1.00 bits per heavy atom. The lowest BCUT2D eigenvalue weighted by Gasteiger charge is -2.17. The molecule has 0 radical (unpaired) electrons. The molecule has 0 aliphatic heterocycles. The smallest absolute Gasteiger partial charge is 0.156 e. The van der Waals surface area contributed by atoms with Gasteiger partial charge >= 0.3 is 0 Å². The number of unbranched alkanes of at least 4 members (excludes halogenated alkanes) is 3. The number of allylic oxidation sites excluding steroid dienone is 2. The minimum atomic E-state index is 0.0693. The van der Waals surface area contributed by atoms with Crippen molar-refractivity contribution in [3.63, 3.8) is 0 Å². The van der Waals surface area contributed by atoms with Gasteiger partial charge in [0.15, 0.2) is 5.78 Å². The molecule has 0 fully saturated rings. The molecule has 2 heteroatoms. The van der Waals surface area contributed by atoms with E-state index < -0.39 is 0 Å². The molecule has 0 saturated carbocycles. The lowest BCUT2D eigenvalue weighted by atomic mass is 9.87. The van der Waals surface area contributed by atoms with Crippen molar-refractivity contribution in [3.05, 3.63) is 77.9 Å². The normalized spacial score (nSPS) is 12.2. The van der Waals surface area contributed by atoms with Crippen molar-refractivity contribution in [3.8, 4) is 5.75 Å². The van der Waals surface area contributed by atoms with Gasteiger partial charge in [-0.2, -0.15) is 0 Å². The molecule has 25 heavy (non-hydrogen) atoms. The van der Waals surface area contributed by atoms with Gasteiger partial charge in [-0.15, -0.1) is 0 Å². The van der Waals surface area contributed by atoms with E-state index in [1.165, 1.54) is 18.4 Å². The Bertz CT molecular complexity index is 656. The molecule has 0 amide bonds. The van der Waals surface area contributed by atoms with Crippen LogP contribution in [-0.4, -0.2) is 12.9 Å². The number of carbonyl (C=O) groups excluding carboxylic acids is 1. The Morgan fingerprint density at radius 3 is 2.32 bits per heavy atom. The molecule has 2 aromatic carbocycles. The highest BCUT2D eigenvalue weighted by molar-refractivity contribution is 5.90. The first-order valence-electron chi connectivity index (χ1n) is 9.13. The van der Waals surface area contributed by atoms with Crippen LogP contribution in [0.1, 0.15) is 56.1 Å². The van der Waals surface area contributed by atoms with Crippen LogP contribution >= 0.6 is 0 Å². The first-order valence-corrected chi connectivity index (χ1v) is 9.13. The summed E-state index contributed by atoms with van der Waals surface area (Å²) < 4.78 is 5.24. The van der Waals surface area contributed by atoms with Crippen LogP contribution in [0.3, 0.4) is 0 Å². The first kappa shape index (κ1) is 19.0. The summed E-state index contributed by atoms with van der Waals surface area (Å²) in [6, 6.07) is 18.2. The number of ether oxygens (including phenoxy) is 1. The third kappa shape index (κ3) is 6.22. The molecule has 2 aromatic rings. The van der Waals surface area contributed by atoms with Gasteiger partial charge < -0.3 is 4.74 Å². The van der Waals surface area contributed by atoms with Gasteiger partial charge in [0.05, 0.1) is 7.11 Å². The van der Waals surface area contributed by atoms with E-state index in [1.54, 1.807) is 13.2 Å². The predicted molar refractivity (Wildman–Crippen MR) is 104 cm³/mol. The SMILES string of the molecule is CCCCC/C=C/C(=O)C[C@H](c1ccccc1)c1ccc(OC)cc1. The van der Waals surface area contributed by atoms with Crippen molar-refractivity contribution in [1.29, 1.82) is 0 Å². The van der Waals surface area contributed by atoms with E-state index in [0.29, 0.717) is 6.42 Å². The van der Waals surface area contributed by atoms with Crippen molar-refractivity contribution in [2.24, 2.45) is 0 Å².